The molecule has 1 aliphatic rings. The van der Waals surface area contributed by atoms with Crippen molar-refractivity contribution in [2.45, 2.75) is 6.92 Å². The first kappa shape index (κ1) is 7.72. The normalized spacial score (nSPS) is 23.2. The van der Waals surface area contributed by atoms with Crippen LogP contribution in [0.2, 0.25) is 0 Å². The molecule has 1 rings (SSSR count). The molecule has 0 aromatic heterocycles. The molecule has 1 N–H and O–H groups in total. The van der Waals surface area contributed by atoms with Gasteiger partial charge in [0.2, 0.25) is 0 Å². The summed E-state index contributed by atoms with van der Waals surface area (Å²) in [7, 11) is 0. The molecule has 11 heavy (non-hydrogen) atoms. The molecule has 0 heterocycles. The Bertz CT molecular complexity index is 261. The van der Waals surface area contributed by atoms with Crippen molar-refractivity contribution in [2.24, 2.45) is 5.92 Å². The van der Waals surface area contributed by atoms with E-state index in [0.717, 1.165) is 0 Å². The lowest BCUT2D eigenvalue weighted by molar-refractivity contribution is -0.143. The number of aliphatic carboxylic acids is 1. The van der Waals surface area contributed by atoms with E-state index in [2.05, 4.69) is 0 Å². The Labute approximate surface area is 64.0 Å². The number of carbonyl (C=O) groups excluding carboxylic acids is 1. The van der Waals surface area contributed by atoms with Crippen LogP contribution in [0.1, 0.15) is 6.92 Å². The quantitative estimate of drug-likeness (QED) is 0.564. The van der Waals surface area contributed by atoms with Crippen molar-refractivity contribution in [2.75, 3.05) is 0 Å². The summed E-state index contributed by atoms with van der Waals surface area (Å²) in [5, 5.41) is 8.53. The van der Waals surface area contributed by atoms with Crippen molar-refractivity contribution in [1.82, 2.24) is 0 Å². The molecular formula is C8H8O3. The molecule has 0 amide bonds. The molecule has 0 saturated carbocycles. The fraction of sp³-hybridized carbons (Fsp3) is 0.250. The molecule has 1 atom stereocenters. The predicted molar refractivity (Wildman–Crippen MR) is 39.0 cm³/mol. The summed E-state index contributed by atoms with van der Waals surface area (Å²) in [4.78, 5) is 21.5. The van der Waals surface area contributed by atoms with Gasteiger partial charge in [0.15, 0.2) is 5.78 Å². The number of ketones is 1. The molecule has 0 saturated heterocycles. The van der Waals surface area contributed by atoms with Crippen molar-refractivity contribution >= 4 is 11.8 Å². The first-order valence-corrected chi connectivity index (χ1v) is 3.25. The summed E-state index contributed by atoms with van der Waals surface area (Å²) in [6.45, 7) is 1.61. The van der Waals surface area contributed by atoms with Gasteiger partial charge in [-0.3, -0.25) is 9.59 Å². The maximum Gasteiger partial charge on any atom is 0.318 e. The highest BCUT2D eigenvalue weighted by Gasteiger charge is 2.25. The summed E-state index contributed by atoms with van der Waals surface area (Å²) in [5.74, 6) is -2.38. The molecule has 0 bridgehead atoms. The number of rotatable bonds is 1. The van der Waals surface area contributed by atoms with Crippen LogP contribution in [0.4, 0.5) is 0 Å². The fourth-order valence-electron chi connectivity index (χ4n) is 0.920. The highest BCUT2D eigenvalue weighted by atomic mass is 16.4. The van der Waals surface area contributed by atoms with E-state index in [1.807, 2.05) is 0 Å². The van der Waals surface area contributed by atoms with Gasteiger partial charge in [-0.25, -0.2) is 0 Å². The van der Waals surface area contributed by atoms with Crippen molar-refractivity contribution in [1.29, 1.82) is 0 Å². The summed E-state index contributed by atoms with van der Waals surface area (Å²) >= 11 is 0. The van der Waals surface area contributed by atoms with Gasteiger partial charge < -0.3 is 5.11 Å². The van der Waals surface area contributed by atoms with E-state index in [9.17, 15) is 9.59 Å². The molecular weight excluding hydrogens is 144 g/mol. The molecule has 3 nitrogen and oxygen atoms in total. The van der Waals surface area contributed by atoms with Gasteiger partial charge in [0, 0.05) is 0 Å². The van der Waals surface area contributed by atoms with E-state index in [1.165, 1.54) is 6.08 Å². The van der Waals surface area contributed by atoms with E-state index in [4.69, 9.17) is 5.11 Å². The molecule has 1 aliphatic carbocycles. The highest BCUT2D eigenvalue weighted by Crippen LogP contribution is 2.13. The molecule has 0 aromatic carbocycles. The van der Waals surface area contributed by atoms with Crippen LogP contribution in [0.15, 0.2) is 23.8 Å². The van der Waals surface area contributed by atoms with Gasteiger partial charge in [0.1, 0.15) is 5.92 Å². The maximum absolute atomic E-state index is 11.1. The standard InChI is InChI=1S/C8H8O3/c1-5-3-2-4-6(7(5)9)8(10)11/h2-4,6H,1H3,(H,10,11). The van der Waals surface area contributed by atoms with Gasteiger partial charge in [0.05, 0.1) is 0 Å². The van der Waals surface area contributed by atoms with Gasteiger partial charge in [-0.05, 0) is 12.5 Å². The second-order valence-electron chi connectivity index (χ2n) is 2.41. The molecule has 0 aromatic rings. The third-order valence-electron chi connectivity index (χ3n) is 1.59. The number of hydrogen-bond acceptors (Lipinski definition) is 2. The SMILES string of the molecule is CC1=CC=CC(C(=O)O)C1=O. The molecule has 0 radical (unpaired) electrons. The zero-order valence-electron chi connectivity index (χ0n) is 6.07. The molecule has 58 valence electrons. The zero-order valence-corrected chi connectivity index (χ0v) is 6.07. The largest absolute Gasteiger partial charge is 0.480 e. The van der Waals surface area contributed by atoms with Crippen molar-refractivity contribution < 1.29 is 14.7 Å². The minimum Gasteiger partial charge on any atom is -0.480 e. The highest BCUT2D eigenvalue weighted by molar-refractivity contribution is 6.09. The lowest BCUT2D eigenvalue weighted by Crippen LogP contribution is -2.23. The van der Waals surface area contributed by atoms with E-state index < -0.39 is 11.9 Å². The summed E-state index contributed by atoms with van der Waals surface area (Å²) in [5.41, 5.74) is 0.500. The lowest BCUT2D eigenvalue weighted by Gasteiger charge is -2.09. The number of allylic oxidation sites excluding steroid dienone is 3. The average Bonchev–Trinajstić information content (AvgIpc) is 1.94. The van der Waals surface area contributed by atoms with Crippen LogP contribution in [0.5, 0.6) is 0 Å². The molecule has 3 heteroatoms. The summed E-state index contributed by atoms with van der Waals surface area (Å²) in [6, 6.07) is 0. The number of carboxylic acids is 1. The minimum atomic E-state index is -1.08. The van der Waals surface area contributed by atoms with Gasteiger partial charge in [-0.2, -0.15) is 0 Å². The third-order valence-corrected chi connectivity index (χ3v) is 1.59. The van der Waals surface area contributed by atoms with Crippen LogP contribution in [-0.2, 0) is 9.59 Å². The van der Waals surface area contributed by atoms with E-state index in [1.54, 1.807) is 19.1 Å². The van der Waals surface area contributed by atoms with E-state index in [-0.39, 0.29) is 5.78 Å². The molecule has 0 spiro atoms. The maximum atomic E-state index is 11.1. The van der Waals surface area contributed by atoms with Crippen LogP contribution < -0.4 is 0 Å². The minimum absolute atomic E-state index is 0.319. The monoisotopic (exact) mass is 152 g/mol. The van der Waals surface area contributed by atoms with Crippen LogP contribution in [0.3, 0.4) is 0 Å². The number of carboxylic acid groups (broad SMARTS) is 1. The Balaban J connectivity index is 2.90. The fourth-order valence-corrected chi connectivity index (χ4v) is 0.920. The van der Waals surface area contributed by atoms with Crippen LogP contribution in [-0.4, -0.2) is 16.9 Å². The van der Waals surface area contributed by atoms with Crippen LogP contribution in [0, 0.1) is 5.92 Å². The van der Waals surface area contributed by atoms with Crippen molar-refractivity contribution in [3.63, 3.8) is 0 Å². The van der Waals surface area contributed by atoms with Gasteiger partial charge in [-0.1, -0.05) is 18.2 Å². The lowest BCUT2D eigenvalue weighted by atomic mass is 9.94. The molecule has 0 fully saturated rings. The van der Waals surface area contributed by atoms with Gasteiger partial charge >= 0.3 is 5.97 Å². The first-order chi connectivity index (χ1) is 5.13. The Kier molecular flexibility index (Phi) is 1.89. The Morgan fingerprint density at radius 3 is 2.73 bits per heavy atom. The Morgan fingerprint density at radius 2 is 2.27 bits per heavy atom. The van der Waals surface area contributed by atoms with Gasteiger partial charge in [-0.15, -0.1) is 0 Å². The van der Waals surface area contributed by atoms with Crippen molar-refractivity contribution in [3.05, 3.63) is 23.8 Å². The average molecular weight is 152 g/mol. The zero-order chi connectivity index (χ0) is 8.43. The van der Waals surface area contributed by atoms with E-state index >= 15 is 0 Å². The van der Waals surface area contributed by atoms with Crippen molar-refractivity contribution in [3.8, 4) is 0 Å². The molecule has 0 aliphatic heterocycles. The first-order valence-electron chi connectivity index (χ1n) is 3.25. The van der Waals surface area contributed by atoms with Gasteiger partial charge in [0.25, 0.3) is 0 Å². The summed E-state index contributed by atoms with van der Waals surface area (Å²) in [6.07, 6.45) is 4.59. The molecule has 1 unspecified atom stereocenters. The number of Topliss-reactive ketones (excluding diaryl/α,β-unsaturated/α-hetero) is 1. The number of hydrogen-bond donors (Lipinski definition) is 1. The van der Waals surface area contributed by atoms with Crippen LogP contribution >= 0.6 is 0 Å². The Morgan fingerprint density at radius 1 is 1.64 bits per heavy atom. The predicted octanol–water partition coefficient (Wildman–Crippen LogP) is 0.772. The number of carbonyl (C=O) groups is 2. The second kappa shape index (κ2) is 2.70. The topological polar surface area (TPSA) is 54.4 Å². The smallest absolute Gasteiger partial charge is 0.318 e. The van der Waals surface area contributed by atoms with E-state index in [0.29, 0.717) is 5.57 Å². The summed E-state index contributed by atoms with van der Waals surface area (Å²) < 4.78 is 0. The second-order valence-corrected chi connectivity index (χ2v) is 2.41. The van der Waals surface area contributed by atoms with Crippen LogP contribution in [0.25, 0.3) is 0 Å². The third kappa shape index (κ3) is 1.37. The Hall–Kier alpha value is -1.38.